The lowest BCUT2D eigenvalue weighted by molar-refractivity contribution is -0.192. The number of aliphatic carboxylic acids is 1. The van der Waals surface area contributed by atoms with Gasteiger partial charge in [0.25, 0.3) is 0 Å². The van der Waals surface area contributed by atoms with Crippen LogP contribution in [-0.2, 0) is 4.79 Å². The number of alkyl halides is 3. The Morgan fingerprint density at radius 3 is 2.43 bits per heavy atom. The summed E-state index contributed by atoms with van der Waals surface area (Å²) in [7, 11) is 1.63. The number of hydrogen-bond donors (Lipinski definition) is 3. The van der Waals surface area contributed by atoms with Crippen LogP contribution in [0, 0.1) is 0 Å². The van der Waals surface area contributed by atoms with E-state index in [2.05, 4.69) is 20.6 Å². The van der Waals surface area contributed by atoms with E-state index in [0.717, 1.165) is 36.8 Å². The van der Waals surface area contributed by atoms with Gasteiger partial charge in [-0.2, -0.15) is 13.2 Å². The van der Waals surface area contributed by atoms with Gasteiger partial charge in [0.05, 0.1) is 23.3 Å². The van der Waals surface area contributed by atoms with Gasteiger partial charge in [0.2, 0.25) is 0 Å². The molecule has 3 N–H and O–H groups in total. The molecule has 0 radical (unpaired) electrons. The van der Waals surface area contributed by atoms with E-state index >= 15 is 0 Å². The van der Waals surface area contributed by atoms with E-state index < -0.39 is 12.1 Å². The fourth-order valence-corrected chi connectivity index (χ4v) is 3.68. The number of aromatic nitrogens is 2. The Bertz CT molecular complexity index is 1190. The second-order valence-corrected chi connectivity index (χ2v) is 8.21. The van der Waals surface area contributed by atoms with Gasteiger partial charge in [-0.05, 0) is 50.2 Å². The highest BCUT2D eigenvalue weighted by molar-refractivity contribution is 6.36. The first-order valence-electron chi connectivity index (χ1n) is 10.3. The highest BCUT2D eigenvalue weighted by atomic mass is 35.5. The van der Waals surface area contributed by atoms with Crippen molar-refractivity contribution in [2.24, 2.45) is 0 Å². The number of anilines is 2. The molecule has 4 rings (SSSR count). The number of carbonyl (C=O) groups is 1. The average molecular weight is 533 g/mol. The lowest BCUT2D eigenvalue weighted by Gasteiger charge is -2.25. The zero-order valence-electron chi connectivity index (χ0n) is 18.3. The highest BCUT2D eigenvalue weighted by Crippen LogP contribution is 2.37. The van der Waals surface area contributed by atoms with Gasteiger partial charge in [-0.15, -0.1) is 0 Å². The zero-order chi connectivity index (χ0) is 25.6. The molecule has 1 aromatic heterocycles. The maximum Gasteiger partial charge on any atom is 0.490 e. The van der Waals surface area contributed by atoms with Crippen LogP contribution in [0.1, 0.15) is 12.8 Å². The molecule has 0 spiro atoms. The number of fused-ring (bicyclic) bond motifs is 1. The summed E-state index contributed by atoms with van der Waals surface area (Å²) in [5.74, 6) is -0.790. The number of halogens is 5. The normalized spacial score (nSPS) is 14.1. The van der Waals surface area contributed by atoms with Gasteiger partial charge >= 0.3 is 12.1 Å². The number of ether oxygens (including phenoxy) is 2. The van der Waals surface area contributed by atoms with Crippen LogP contribution >= 0.6 is 23.2 Å². The number of nitrogens with one attached hydrogen (secondary N) is 2. The largest absolute Gasteiger partial charge is 0.493 e. The van der Waals surface area contributed by atoms with Crippen LogP contribution in [0.25, 0.3) is 10.9 Å². The van der Waals surface area contributed by atoms with Gasteiger partial charge in [0.1, 0.15) is 18.2 Å². The van der Waals surface area contributed by atoms with Gasteiger partial charge in [-0.1, -0.05) is 23.2 Å². The summed E-state index contributed by atoms with van der Waals surface area (Å²) in [5.41, 5.74) is 1.46. The Balaban J connectivity index is 0.000000429. The van der Waals surface area contributed by atoms with Crippen molar-refractivity contribution in [3.05, 3.63) is 46.7 Å². The van der Waals surface area contributed by atoms with Crippen molar-refractivity contribution in [3.8, 4) is 11.5 Å². The van der Waals surface area contributed by atoms with Crippen LogP contribution < -0.4 is 20.1 Å². The molecule has 2 aromatic carbocycles. The van der Waals surface area contributed by atoms with E-state index in [1.165, 1.54) is 6.33 Å². The van der Waals surface area contributed by atoms with Crippen LogP contribution in [0.2, 0.25) is 10.0 Å². The van der Waals surface area contributed by atoms with Gasteiger partial charge in [-0.25, -0.2) is 14.8 Å². The number of nitrogens with zero attached hydrogens (tertiary/aromatic N) is 2. The zero-order valence-corrected chi connectivity index (χ0v) is 19.8. The molecule has 13 heteroatoms. The highest BCUT2D eigenvalue weighted by Gasteiger charge is 2.38. The maximum absolute atomic E-state index is 10.6. The van der Waals surface area contributed by atoms with Crippen molar-refractivity contribution < 1.29 is 32.5 Å². The van der Waals surface area contributed by atoms with Crippen molar-refractivity contribution in [2.45, 2.75) is 25.1 Å². The quantitative estimate of drug-likeness (QED) is 0.398. The second kappa shape index (κ2) is 11.6. The predicted octanol–water partition coefficient (Wildman–Crippen LogP) is 5.45. The van der Waals surface area contributed by atoms with Crippen LogP contribution in [0.3, 0.4) is 0 Å². The standard InChI is InChI=1S/C20H20Cl2N4O2.C2HF3O2/c1-27-18-10-17-14(9-19(18)28-13-4-6-23-7-5-13)20(25-11-24-17)26-16-3-2-12(21)8-15(16)22;3-2(4,5)1(6)7/h2-3,8-11,13,23H,4-7H2,1H3,(H,24,25,26);(H,6,7). The number of rotatable bonds is 5. The Hall–Kier alpha value is -3.02. The van der Waals surface area contributed by atoms with Crippen molar-refractivity contribution >= 4 is 51.6 Å². The minimum Gasteiger partial charge on any atom is -0.493 e. The smallest absolute Gasteiger partial charge is 0.490 e. The molecular formula is C22H21Cl2F3N4O4. The third-order valence-corrected chi connectivity index (χ3v) is 5.48. The van der Waals surface area contributed by atoms with Crippen LogP contribution in [0.15, 0.2) is 36.7 Å². The van der Waals surface area contributed by atoms with E-state index in [9.17, 15) is 13.2 Å². The molecule has 0 bridgehead atoms. The first-order valence-corrected chi connectivity index (χ1v) is 11.1. The molecule has 1 aliphatic rings. The molecule has 0 atom stereocenters. The minimum atomic E-state index is -5.08. The van der Waals surface area contributed by atoms with Gasteiger partial charge in [0.15, 0.2) is 11.5 Å². The number of carboxylic acid groups (broad SMARTS) is 1. The molecule has 188 valence electrons. The molecule has 3 aromatic rings. The second-order valence-electron chi connectivity index (χ2n) is 7.36. The molecule has 1 saturated heterocycles. The number of hydrogen-bond acceptors (Lipinski definition) is 7. The topological polar surface area (TPSA) is 106 Å². The fraction of sp³-hybridized carbons (Fsp3) is 0.318. The van der Waals surface area contributed by atoms with Crippen LogP contribution in [0.5, 0.6) is 11.5 Å². The number of benzene rings is 2. The van der Waals surface area contributed by atoms with Gasteiger partial charge in [-0.3, -0.25) is 0 Å². The lowest BCUT2D eigenvalue weighted by Crippen LogP contribution is -2.34. The summed E-state index contributed by atoms with van der Waals surface area (Å²) >= 11 is 12.3. The lowest BCUT2D eigenvalue weighted by atomic mass is 10.1. The van der Waals surface area contributed by atoms with Crippen molar-refractivity contribution in [2.75, 3.05) is 25.5 Å². The molecule has 1 fully saturated rings. The third-order valence-electron chi connectivity index (χ3n) is 4.93. The molecule has 2 heterocycles. The molecule has 35 heavy (non-hydrogen) atoms. The average Bonchev–Trinajstić information content (AvgIpc) is 2.81. The maximum atomic E-state index is 10.6. The fourth-order valence-electron chi connectivity index (χ4n) is 3.23. The molecule has 0 saturated carbocycles. The van der Waals surface area contributed by atoms with Crippen molar-refractivity contribution in [3.63, 3.8) is 0 Å². The number of piperidine rings is 1. The number of carboxylic acids is 1. The Morgan fingerprint density at radius 2 is 1.83 bits per heavy atom. The van der Waals surface area contributed by atoms with Gasteiger partial charge in [0, 0.05) is 16.5 Å². The molecule has 0 unspecified atom stereocenters. The predicted molar refractivity (Wildman–Crippen MR) is 126 cm³/mol. The molecule has 1 aliphatic heterocycles. The van der Waals surface area contributed by atoms with E-state index in [1.54, 1.807) is 19.2 Å². The van der Waals surface area contributed by atoms with Crippen molar-refractivity contribution in [1.29, 1.82) is 0 Å². The van der Waals surface area contributed by atoms with E-state index in [4.69, 9.17) is 42.6 Å². The Labute approximate surface area is 208 Å². The summed E-state index contributed by atoms with van der Waals surface area (Å²) in [6, 6.07) is 9.05. The molecule has 0 amide bonds. The van der Waals surface area contributed by atoms with E-state index in [-0.39, 0.29) is 6.10 Å². The Morgan fingerprint density at radius 1 is 1.14 bits per heavy atom. The summed E-state index contributed by atoms with van der Waals surface area (Å²) in [4.78, 5) is 17.7. The van der Waals surface area contributed by atoms with Gasteiger partial charge < -0.3 is 25.2 Å². The molecule has 0 aliphatic carbocycles. The summed E-state index contributed by atoms with van der Waals surface area (Å²) in [6.45, 7) is 1.90. The van der Waals surface area contributed by atoms with Crippen LogP contribution in [-0.4, -0.2) is 53.5 Å². The van der Waals surface area contributed by atoms with E-state index in [0.29, 0.717) is 33.0 Å². The summed E-state index contributed by atoms with van der Waals surface area (Å²) in [5, 5.41) is 15.6. The van der Waals surface area contributed by atoms with Crippen LogP contribution in [0.4, 0.5) is 24.7 Å². The monoisotopic (exact) mass is 532 g/mol. The SMILES string of the molecule is COc1cc2ncnc(Nc3ccc(Cl)cc3Cl)c2cc1OC1CCNCC1.O=C(O)C(F)(F)F. The Kier molecular flexibility index (Phi) is 8.82. The first-order chi connectivity index (χ1) is 16.6. The minimum absolute atomic E-state index is 0.152. The molecule has 8 nitrogen and oxygen atoms in total. The van der Waals surface area contributed by atoms with Crippen molar-refractivity contribution in [1.82, 2.24) is 15.3 Å². The van der Waals surface area contributed by atoms with E-state index in [1.807, 2.05) is 18.2 Å². The third kappa shape index (κ3) is 7.23. The number of methoxy groups -OCH3 is 1. The summed E-state index contributed by atoms with van der Waals surface area (Å²) in [6.07, 6.45) is -1.52. The first kappa shape index (κ1) is 26.6. The molecular weight excluding hydrogens is 512 g/mol. The summed E-state index contributed by atoms with van der Waals surface area (Å²) < 4.78 is 43.5.